The first kappa shape index (κ1) is 18.4. The van der Waals surface area contributed by atoms with Crippen LogP contribution in [0.3, 0.4) is 0 Å². The molecular weight excluding hydrogens is 244 g/mol. The molecule has 114 valence electrons. The van der Waals surface area contributed by atoms with Crippen molar-refractivity contribution in [1.82, 2.24) is 0 Å². The highest BCUT2D eigenvalue weighted by atomic mass is 16.5. The highest BCUT2D eigenvalue weighted by Gasteiger charge is 2.43. The molecule has 2 atom stereocenters. The van der Waals surface area contributed by atoms with E-state index < -0.39 is 11.5 Å². The van der Waals surface area contributed by atoms with Gasteiger partial charge in [-0.1, -0.05) is 27.2 Å². The van der Waals surface area contributed by atoms with Crippen molar-refractivity contribution in [2.45, 2.75) is 65.9 Å². The standard InChI is InChI=1S/C15H30O4/c1-5-9-12(10-13(17)11-16)15(6-2,7-3)14(18)19-8-4/h12-13,16-17H,5-11H2,1-4H3. The molecule has 0 aromatic rings. The first-order valence-electron chi connectivity index (χ1n) is 7.48. The zero-order chi connectivity index (χ0) is 14.9. The predicted molar refractivity (Wildman–Crippen MR) is 75.8 cm³/mol. The molecule has 2 unspecified atom stereocenters. The lowest BCUT2D eigenvalue weighted by molar-refractivity contribution is -0.161. The topological polar surface area (TPSA) is 66.8 Å². The molecule has 0 aliphatic carbocycles. The van der Waals surface area contributed by atoms with Gasteiger partial charge in [-0.15, -0.1) is 0 Å². The Kier molecular flexibility index (Phi) is 9.02. The Morgan fingerprint density at radius 2 is 1.79 bits per heavy atom. The molecular formula is C15H30O4. The van der Waals surface area contributed by atoms with Crippen LogP contribution in [0.4, 0.5) is 0 Å². The number of esters is 1. The molecule has 0 spiro atoms. The van der Waals surface area contributed by atoms with Crippen LogP contribution in [0.2, 0.25) is 0 Å². The smallest absolute Gasteiger partial charge is 0.312 e. The molecule has 0 bridgehead atoms. The summed E-state index contributed by atoms with van der Waals surface area (Å²) in [6.45, 7) is 7.99. The zero-order valence-corrected chi connectivity index (χ0v) is 12.8. The van der Waals surface area contributed by atoms with Crippen molar-refractivity contribution in [3.05, 3.63) is 0 Å². The molecule has 0 saturated carbocycles. The van der Waals surface area contributed by atoms with Crippen LogP contribution in [-0.4, -0.2) is 35.5 Å². The van der Waals surface area contributed by atoms with Gasteiger partial charge in [-0.2, -0.15) is 0 Å². The van der Waals surface area contributed by atoms with Crippen molar-refractivity contribution < 1.29 is 19.7 Å². The number of aliphatic hydroxyl groups is 2. The van der Waals surface area contributed by atoms with E-state index in [1.807, 2.05) is 20.8 Å². The zero-order valence-electron chi connectivity index (χ0n) is 12.8. The minimum absolute atomic E-state index is 0.0497. The van der Waals surface area contributed by atoms with Gasteiger partial charge in [0.05, 0.1) is 24.7 Å². The molecule has 0 rings (SSSR count). The third-order valence-electron chi connectivity index (χ3n) is 4.13. The third kappa shape index (κ3) is 4.77. The lowest BCUT2D eigenvalue weighted by Gasteiger charge is -2.38. The first-order valence-corrected chi connectivity index (χ1v) is 7.48. The summed E-state index contributed by atoms with van der Waals surface area (Å²) in [7, 11) is 0. The van der Waals surface area contributed by atoms with Crippen molar-refractivity contribution in [1.29, 1.82) is 0 Å². The Hall–Kier alpha value is -0.610. The van der Waals surface area contributed by atoms with Gasteiger partial charge in [-0.3, -0.25) is 4.79 Å². The van der Waals surface area contributed by atoms with Gasteiger partial charge in [0.25, 0.3) is 0 Å². The average molecular weight is 274 g/mol. The average Bonchev–Trinajstić information content (AvgIpc) is 2.41. The number of carbonyl (C=O) groups excluding carboxylic acids is 1. The number of ether oxygens (including phenoxy) is 1. The molecule has 0 heterocycles. The summed E-state index contributed by atoms with van der Waals surface area (Å²) in [6.07, 6.45) is 2.89. The van der Waals surface area contributed by atoms with Crippen LogP contribution in [0, 0.1) is 11.3 Å². The molecule has 19 heavy (non-hydrogen) atoms. The van der Waals surface area contributed by atoms with E-state index >= 15 is 0 Å². The number of aliphatic hydroxyl groups excluding tert-OH is 2. The fourth-order valence-corrected chi connectivity index (χ4v) is 2.93. The Morgan fingerprint density at radius 3 is 2.16 bits per heavy atom. The lowest BCUT2D eigenvalue weighted by Crippen LogP contribution is -2.41. The number of hydrogen-bond acceptors (Lipinski definition) is 4. The van der Waals surface area contributed by atoms with E-state index in [2.05, 4.69) is 6.92 Å². The Labute approximate surface area is 117 Å². The minimum Gasteiger partial charge on any atom is -0.466 e. The molecule has 0 radical (unpaired) electrons. The molecule has 0 aliphatic heterocycles. The van der Waals surface area contributed by atoms with Crippen molar-refractivity contribution >= 4 is 5.97 Å². The molecule has 0 aliphatic rings. The van der Waals surface area contributed by atoms with Gasteiger partial charge in [-0.25, -0.2) is 0 Å². The summed E-state index contributed by atoms with van der Waals surface area (Å²) >= 11 is 0. The summed E-state index contributed by atoms with van der Waals surface area (Å²) in [5, 5.41) is 18.8. The Balaban J connectivity index is 5.18. The highest BCUT2D eigenvalue weighted by molar-refractivity contribution is 5.77. The highest BCUT2D eigenvalue weighted by Crippen LogP contribution is 2.42. The van der Waals surface area contributed by atoms with Gasteiger partial charge >= 0.3 is 5.97 Å². The number of carbonyl (C=O) groups is 1. The summed E-state index contributed by atoms with van der Waals surface area (Å²) in [4.78, 5) is 12.3. The second kappa shape index (κ2) is 9.32. The van der Waals surface area contributed by atoms with Crippen LogP contribution in [0.15, 0.2) is 0 Å². The van der Waals surface area contributed by atoms with Gasteiger partial charge in [0.15, 0.2) is 0 Å². The maximum Gasteiger partial charge on any atom is 0.312 e. The van der Waals surface area contributed by atoms with Crippen LogP contribution in [0.25, 0.3) is 0 Å². The van der Waals surface area contributed by atoms with Crippen LogP contribution in [-0.2, 0) is 9.53 Å². The quantitative estimate of drug-likeness (QED) is 0.601. The van der Waals surface area contributed by atoms with Gasteiger partial charge in [-0.05, 0) is 38.5 Å². The summed E-state index contributed by atoms with van der Waals surface area (Å²) < 4.78 is 5.25. The van der Waals surface area contributed by atoms with E-state index in [1.54, 1.807) is 0 Å². The molecule has 0 aromatic carbocycles. The fraction of sp³-hybridized carbons (Fsp3) is 0.933. The van der Waals surface area contributed by atoms with Gasteiger partial charge in [0, 0.05) is 0 Å². The SMILES string of the molecule is CCCC(CC(O)CO)C(CC)(CC)C(=O)OCC. The Bertz CT molecular complexity index is 249. The van der Waals surface area contributed by atoms with Gasteiger partial charge < -0.3 is 14.9 Å². The van der Waals surface area contributed by atoms with E-state index in [0.29, 0.717) is 25.9 Å². The van der Waals surface area contributed by atoms with Crippen LogP contribution in [0.1, 0.15) is 59.8 Å². The van der Waals surface area contributed by atoms with Crippen molar-refractivity contribution in [3.63, 3.8) is 0 Å². The monoisotopic (exact) mass is 274 g/mol. The molecule has 0 aromatic heterocycles. The number of rotatable bonds is 10. The maximum atomic E-state index is 12.3. The van der Waals surface area contributed by atoms with E-state index in [-0.39, 0.29) is 18.5 Å². The fourth-order valence-electron chi connectivity index (χ4n) is 2.93. The van der Waals surface area contributed by atoms with Crippen LogP contribution in [0.5, 0.6) is 0 Å². The normalized spacial score (nSPS) is 15.1. The second-order valence-corrected chi connectivity index (χ2v) is 5.14. The number of hydrogen-bond donors (Lipinski definition) is 2. The van der Waals surface area contributed by atoms with Crippen LogP contribution >= 0.6 is 0 Å². The van der Waals surface area contributed by atoms with Crippen molar-refractivity contribution in [3.8, 4) is 0 Å². The van der Waals surface area contributed by atoms with Crippen molar-refractivity contribution in [2.75, 3.05) is 13.2 Å². The maximum absolute atomic E-state index is 12.3. The van der Waals surface area contributed by atoms with Gasteiger partial charge in [0.2, 0.25) is 0 Å². The predicted octanol–water partition coefficient (Wildman–Crippen LogP) is 2.52. The second-order valence-electron chi connectivity index (χ2n) is 5.14. The van der Waals surface area contributed by atoms with E-state index in [0.717, 1.165) is 12.8 Å². The molecule has 2 N–H and O–H groups in total. The van der Waals surface area contributed by atoms with E-state index in [1.165, 1.54) is 0 Å². The van der Waals surface area contributed by atoms with Gasteiger partial charge in [0.1, 0.15) is 0 Å². The van der Waals surface area contributed by atoms with E-state index in [9.17, 15) is 9.90 Å². The summed E-state index contributed by atoms with van der Waals surface area (Å²) in [6, 6.07) is 0. The van der Waals surface area contributed by atoms with E-state index in [4.69, 9.17) is 9.84 Å². The van der Waals surface area contributed by atoms with Crippen molar-refractivity contribution in [2.24, 2.45) is 11.3 Å². The molecule has 0 fully saturated rings. The summed E-state index contributed by atoms with van der Waals surface area (Å²) in [5.41, 5.74) is -0.540. The minimum atomic E-state index is -0.761. The first-order chi connectivity index (χ1) is 9.02. The Morgan fingerprint density at radius 1 is 1.21 bits per heavy atom. The molecule has 4 heteroatoms. The summed E-state index contributed by atoms with van der Waals surface area (Å²) in [5.74, 6) is -0.114. The van der Waals surface area contributed by atoms with Crippen LogP contribution < -0.4 is 0 Å². The third-order valence-corrected chi connectivity index (χ3v) is 4.13. The molecule has 0 saturated heterocycles. The lowest BCUT2D eigenvalue weighted by atomic mass is 9.67. The largest absolute Gasteiger partial charge is 0.466 e. The molecule has 4 nitrogen and oxygen atoms in total. The molecule has 0 amide bonds.